The van der Waals surface area contributed by atoms with Gasteiger partial charge < -0.3 is 4.74 Å². The van der Waals surface area contributed by atoms with Gasteiger partial charge in [-0.05, 0) is 35.9 Å². The van der Waals surface area contributed by atoms with E-state index < -0.39 is 0 Å². The SMILES string of the molecule is Cn1ncc2c(Oc3ccc(Cl)cc3)nc(Cl)nc21. The summed E-state index contributed by atoms with van der Waals surface area (Å²) in [7, 11) is 1.78. The van der Waals surface area contributed by atoms with Crippen molar-refractivity contribution in [2.75, 3.05) is 0 Å². The van der Waals surface area contributed by atoms with Crippen LogP contribution in [0.2, 0.25) is 10.3 Å². The molecule has 0 aliphatic rings. The van der Waals surface area contributed by atoms with Crippen molar-refractivity contribution in [2.24, 2.45) is 7.05 Å². The number of hydrogen-bond donors (Lipinski definition) is 0. The molecule has 2 heterocycles. The molecule has 0 aliphatic heterocycles. The average Bonchev–Trinajstić information content (AvgIpc) is 2.74. The van der Waals surface area contributed by atoms with Crippen LogP contribution in [0.5, 0.6) is 11.6 Å². The second-order valence-corrected chi connectivity index (χ2v) is 4.63. The van der Waals surface area contributed by atoms with Crippen molar-refractivity contribution in [3.8, 4) is 11.6 Å². The molecule has 5 nitrogen and oxygen atoms in total. The average molecular weight is 295 g/mol. The van der Waals surface area contributed by atoms with Gasteiger partial charge in [0.1, 0.15) is 11.1 Å². The number of nitrogens with zero attached hydrogens (tertiary/aromatic N) is 4. The molecule has 0 fully saturated rings. The second-order valence-electron chi connectivity index (χ2n) is 3.86. The lowest BCUT2D eigenvalue weighted by atomic mass is 10.3. The van der Waals surface area contributed by atoms with Gasteiger partial charge >= 0.3 is 0 Å². The molecule has 0 spiro atoms. The number of ether oxygens (including phenoxy) is 1. The van der Waals surface area contributed by atoms with Crippen LogP contribution in [0.15, 0.2) is 30.5 Å². The van der Waals surface area contributed by atoms with Crippen LogP contribution in [-0.2, 0) is 7.05 Å². The van der Waals surface area contributed by atoms with Crippen LogP contribution in [0.3, 0.4) is 0 Å². The molecular weight excluding hydrogens is 287 g/mol. The first-order valence-electron chi connectivity index (χ1n) is 5.42. The van der Waals surface area contributed by atoms with Gasteiger partial charge in [-0.2, -0.15) is 15.1 Å². The van der Waals surface area contributed by atoms with E-state index in [1.807, 2.05) is 0 Å². The van der Waals surface area contributed by atoms with E-state index in [1.54, 1.807) is 42.2 Å². The third kappa shape index (κ3) is 2.34. The maximum absolute atomic E-state index is 5.88. The first-order chi connectivity index (χ1) is 9.13. The highest BCUT2D eigenvalue weighted by Gasteiger charge is 2.12. The first kappa shape index (κ1) is 12.2. The highest BCUT2D eigenvalue weighted by molar-refractivity contribution is 6.30. The molecule has 7 heteroatoms. The van der Waals surface area contributed by atoms with E-state index in [0.29, 0.717) is 27.7 Å². The molecule has 0 aliphatic carbocycles. The molecule has 3 rings (SSSR count). The number of rotatable bonds is 2. The summed E-state index contributed by atoms with van der Waals surface area (Å²) < 4.78 is 7.30. The van der Waals surface area contributed by atoms with Gasteiger partial charge in [0, 0.05) is 12.1 Å². The third-order valence-corrected chi connectivity index (χ3v) is 2.98. The minimum absolute atomic E-state index is 0.111. The Bertz CT molecular complexity index is 739. The molecule has 0 amide bonds. The Morgan fingerprint density at radius 3 is 2.58 bits per heavy atom. The Labute approximate surface area is 118 Å². The fourth-order valence-electron chi connectivity index (χ4n) is 1.66. The van der Waals surface area contributed by atoms with Crippen molar-refractivity contribution >= 4 is 34.2 Å². The lowest BCUT2D eigenvalue weighted by Crippen LogP contribution is -1.95. The molecular formula is C12H8Cl2N4O. The number of aromatic nitrogens is 4. The van der Waals surface area contributed by atoms with Gasteiger partial charge in [0.15, 0.2) is 5.65 Å². The van der Waals surface area contributed by atoms with Crippen LogP contribution in [0.1, 0.15) is 0 Å². The van der Waals surface area contributed by atoms with Gasteiger partial charge in [0.25, 0.3) is 0 Å². The van der Waals surface area contributed by atoms with E-state index in [4.69, 9.17) is 27.9 Å². The largest absolute Gasteiger partial charge is 0.438 e. The lowest BCUT2D eigenvalue weighted by molar-refractivity contribution is 0.468. The Balaban J connectivity index is 2.07. The molecule has 0 saturated carbocycles. The summed E-state index contributed by atoms with van der Waals surface area (Å²) in [6, 6.07) is 6.97. The third-order valence-electron chi connectivity index (χ3n) is 2.56. The van der Waals surface area contributed by atoms with Crippen molar-refractivity contribution in [3.05, 3.63) is 40.8 Å². The predicted octanol–water partition coefficient (Wildman–Crippen LogP) is 3.46. The second kappa shape index (κ2) is 4.68. The van der Waals surface area contributed by atoms with Crippen LogP contribution in [-0.4, -0.2) is 19.7 Å². The van der Waals surface area contributed by atoms with Crippen LogP contribution < -0.4 is 4.74 Å². The van der Waals surface area contributed by atoms with E-state index in [9.17, 15) is 0 Å². The number of halogens is 2. The van der Waals surface area contributed by atoms with Crippen LogP contribution in [0.25, 0.3) is 11.0 Å². The molecule has 19 heavy (non-hydrogen) atoms. The van der Waals surface area contributed by atoms with E-state index in [1.165, 1.54) is 0 Å². The molecule has 0 bridgehead atoms. The highest BCUT2D eigenvalue weighted by atomic mass is 35.5. The summed E-state index contributed by atoms with van der Waals surface area (Å²) in [5.74, 6) is 0.981. The van der Waals surface area contributed by atoms with Gasteiger partial charge in [0.05, 0.1) is 6.20 Å². The van der Waals surface area contributed by atoms with Gasteiger partial charge in [-0.3, -0.25) is 4.68 Å². The maximum atomic E-state index is 5.88. The Hall–Kier alpha value is -1.85. The molecule has 0 saturated heterocycles. The smallest absolute Gasteiger partial charge is 0.234 e. The first-order valence-corrected chi connectivity index (χ1v) is 6.18. The molecule has 1 aromatic carbocycles. The summed E-state index contributed by atoms with van der Waals surface area (Å²) in [4.78, 5) is 8.18. The number of hydrogen-bond acceptors (Lipinski definition) is 4. The minimum Gasteiger partial charge on any atom is -0.438 e. The molecule has 2 aromatic heterocycles. The van der Waals surface area contributed by atoms with E-state index >= 15 is 0 Å². The van der Waals surface area contributed by atoms with Gasteiger partial charge in [-0.25, -0.2) is 0 Å². The monoisotopic (exact) mass is 294 g/mol. The normalized spacial score (nSPS) is 10.9. The van der Waals surface area contributed by atoms with Crippen LogP contribution >= 0.6 is 23.2 Å². The number of benzene rings is 1. The van der Waals surface area contributed by atoms with Crippen molar-refractivity contribution in [1.29, 1.82) is 0 Å². The minimum atomic E-state index is 0.111. The van der Waals surface area contributed by atoms with E-state index in [-0.39, 0.29) is 5.28 Å². The van der Waals surface area contributed by atoms with Gasteiger partial charge in [-0.15, -0.1) is 0 Å². The lowest BCUT2D eigenvalue weighted by Gasteiger charge is -2.06. The molecule has 0 N–H and O–H groups in total. The molecule has 0 radical (unpaired) electrons. The zero-order valence-electron chi connectivity index (χ0n) is 9.84. The predicted molar refractivity (Wildman–Crippen MR) is 72.8 cm³/mol. The Kier molecular flexibility index (Phi) is 3.00. The standard InChI is InChI=1S/C12H8Cl2N4O/c1-18-10-9(6-15-18)11(17-12(14)16-10)19-8-4-2-7(13)3-5-8/h2-6H,1H3. The van der Waals surface area contributed by atoms with Crippen LogP contribution in [0.4, 0.5) is 0 Å². The van der Waals surface area contributed by atoms with Crippen LogP contribution in [0, 0.1) is 0 Å². The van der Waals surface area contributed by atoms with Crippen molar-refractivity contribution in [2.45, 2.75) is 0 Å². The van der Waals surface area contributed by atoms with Crippen molar-refractivity contribution in [3.63, 3.8) is 0 Å². The fourth-order valence-corrected chi connectivity index (χ4v) is 1.95. The maximum Gasteiger partial charge on any atom is 0.234 e. The molecule has 0 unspecified atom stereocenters. The van der Waals surface area contributed by atoms with E-state index in [0.717, 1.165) is 0 Å². The topological polar surface area (TPSA) is 52.8 Å². The Morgan fingerprint density at radius 1 is 1.11 bits per heavy atom. The van der Waals surface area contributed by atoms with Gasteiger partial charge in [0.2, 0.25) is 11.2 Å². The quantitative estimate of drug-likeness (QED) is 0.679. The zero-order valence-corrected chi connectivity index (χ0v) is 11.4. The summed E-state index contributed by atoms with van der Waals surface area (Å²) in [6.07, 6.45) is 1.64. The van der Waals surface area contributed by atoms with Crippen molar-refractivity contribution < 1.29 is 4.74 Å². The van der Waals surface area contributed by atoms with Crippen molar-refractivity contribution in [1.82, 2.24) is 19.7 Å². The number of aryl methyl sites for hydroxylation is 1. The number of fused-ring (bicyclic) bond motifs is 1. The molecule has 96 valence electrons. The summed E-state index contributed by atoms with van der Waals surface area (Å²) in [5.41, 5.74) is 0.615. The fraction of sp³-hybridized carbons (Fsp3) is 0.0833. The molecule has 0 atom stereocenters. The zero-order chi connectivity index (χ0) is 13.4. The van der Waals surface area contributed by atoms with E-state index in [2.05, 4.69) is 15.1 Å². The summed E-state index contributed by atoms with van der Waals surface area (Å²) in [6.45, 7) is 0. The molecule has 3 aromatic rings. The van der Waals surface area contributed by atoms with Gasteiger partial charge in [-0.1, -0.05) is 11.6 Å². The summed E-state index contributed by atoms with van der Waals surface area (Å²) >= 11 is 11.7. The Morgan fingerprint density at radius 2 is 1.84 bits per heavy atom. The summed E-state index contributed by atoms with van der Waals surface area (Å²) in [5, 5.41) is 5.55. The highest BCUT2D eigenvalue weighted by Crippen LogP contribution is 2.28.